The summed E-state index contributed by atoms with van der Waals surface area (Å²) in [5, 5.41) is 4.26. The monoisotopic (exact) mass is 764 g/mol. The van der Waals surface area contributed by atoms with E-state index in [4.69, 9.17) is 0 Å². The van der Waals surface area contributed by atoms with Crippen LogP contribution in [0.2, 0.25) is 0 Å². The zero-order chi connectivity index (χ0) is 32.9. The molecule has 4 heteroatoms. The van der Waals surface area contributed by atoms with Gasteiger partial charge in [-0.1, -0.05) is 89.6 Å². The molecule has 5 aromatic rings. The van der Waals surface area contributed by atoms with Gasteiger partial charge in [0.05, 0.1) is 0 Å². The van der Waals surface area contributed by atoms with Crippen LogP contribution in [-0.4, -0.2) is 3.21 Å². The summed E-state index contributed by atoms with van der Waals surface area (Å²) < 4.78 is 1.42. The third-order valence-corrected chi connectivity index (χ3v) is 10.5. The average molecular weight is 767 g/mol. The van der Waals surface area contributed by atoms with Crippen molar-refractivity contribution >= 4 is 20.1 Å². The summed E-state index contributed by atoms with van der Waals surface area (Å²) in [6, 6.07) is 38.4. The van der Waals surface area contributed by atoms with Gasteiger partial charge in [-0.05, 0) is 33.8 Å². The number of hydrogen-bond donors (Lipinski definition) is 0. The molecule has 48 heavy (non-hydrogen) atoms. The van der Waals surface area contributed by atoms with Gasteiger partial charge < -0.3 is 24.8 Å². The average Bonchev–Trinajstić information content (AvgIpc) is 3.81. The molecule has 0 amide bonds. The summed E-state index contributed by atoms with van der Waals surface area (Å²) in [6.07, 6.45) is 8.71. The molecule has 0 aliphatic heterocycles. The molecular formula is C44H44Cl2SZr-2. The summed E-state index contributed by atoms with van der Waals surface area (Å²) in [5.41, 5.74) is 13.9. The van der Waals surface area contributed by atoms with Gasteiger partial charge in [0.25, 0.3) is 0 Å². The Labute approximate surface area is 320 Å². The van der Waals surface area contributed by atoms with Crippen LogP contribution in [0.4, 0.5) is 0 Å². The first-order valence-electron chi connectivity index (χ1n) is 16.1. The van der Waals surface area contributed by atoms with Crippen LogP contribution in [0.3, 0.4) is 0 Å². The molecule has 0 radical (unpaired) electrons. The molecule has 7 rings (SSSR count). The van der Waals surface area contributed by atoms with Crippen LogP contribution in [-0.2, 0) is 41.5 Å². The van der Waals surface area contributed by atoms with Gasteiger partial charge >= 0.3 is 99.2 Å². The van der Waals surface area contributed by atoms with Crippen molar-refractivity contribution in [1.29, 1.82) is 0 Å². The van der Waals surface area contributed by atoms with E-state index in [0.717, 1.165) is 6.42 Å². The van der Waals surface area contributed by atoms with Crippen LogP contribution in [0.15, 0.2) is 120 Å². The predicted octanol–water partition coefficient (Wildman–Crippen LogP) is 5.60. The van der Waals surface area contributed by atoms with Crippen LogP contribution in [0.25, 0.3) is 16.7 Å². The fourth-order valence-electron chi connectivity index (χ4n) is 5.58. The Balaban J connectivity index is 0.000000202. The quantitative estimate of drug-likeness (QED) is 0.206. The van der Waals surface area contributed by atoms with Crippen molar-refractivity contribution < 1.29 is 49.0 Å². The number of allylic oxidation sites excluding steroid dienone is 4. The molecule has 2 aliphatic rings. The van der Waals surface area contributed by atoms with E-state index in [0.29, 0.717) is 5.92 Å². The first kappa shape index (κ1) is 39.8. The van der Waals surface area contributed by atoms with Crippen molar-refractivity contribution in [3.8, 4) is 11.1 Å². The van der Waals surface area contributed by atoms with E-state index in [1.165, 1.54) is 83.1 Å². The molecule has 0 saturated heterocycles. The molecule has 1 unspecified atom stereocenters. The summed E-state index contributed by atoms with van der Waals surface area (Å²) in [4.78, 5) is 0. The maximum atomic E-state index is 3.67. The Morgan fingerprint density at radius 2 is 1.35 bits per heavy atom. The zero-order valence-electron chi connectivity index (χ0n) is 29.0. The SMILES string of the molecule is CC(C)(C)c1[c-]c2c(cc1)-c1ccc(C(C)(C)C)cc1C2.CC1[C-]=C(c2ccsc2)C=C1.[Cl-].[Cl-].[Zr+2]=[C](c1ccccc1)c1ccccc1. The minimum absolute atomic E-state index is 0. The summed E-state index contributed by atoms with van der Waals surface area (Å²) in [7, 11) is 0. The second-order valence-electron chi connectivity index (χ2n) is 14.1. The molecule has 1 heterocycles. The number of benzene rings is 4. The predicted molar refractivity (Wildman–Crippen MR) is 196 cm³/mol. The van der Waals surface area contributed by atoms with Gasteiger partial charge in [0, 0.05) is 0 Å². The van der Waals surface area contributed by atoms with Crippen LogP contribution in [0, 0.1) is 18.1 Å². The molecule has 0 N–H and O–H groups in total. The number of thiophene rings is 1. The molecule has 1 atom stereocenters. The van der Waals surface area contributed by atoms with Crippen LogP contribution >= 0.6 is 11.3 Å². The third-order valence-electron chi connectivity index (χ3n) is 8.36. The van der Waals surface area contributed by atoms with Gasteiger partial charge in [-0.3, -0.25) is 0 Å². The third kappa shape index (κ3) is 10.2. The molecule has 0 spiro atoms. The van der Waals surface area contributed by atoms with Gasteiger partial charge in [0.2, 0.25) is 0 Å². The van der Waals surface area contributed by atoms with E-state index in [1.54, 1.807) is 11.3 Å². The molecular weight excluding hydrogens is 723 g/mol. The Kier molecular flexibility index (Phi) is 14.4. The molecule has 0 nitrogen and oxygen atoms in total. The molecule has 0 saturated carbocycles. The van der Waals surface area contributed by atoms with Gasteiger partial charge in [-0.2, -0.15) is 52.8 Å². The van der Waals surface area contributed by atoms with Gasteiger partial charge in [0.15, 0.2) is 0 Å². The Morgan fingerprint density at radius 1 is 0.750 bits per heavy atom. The fraction of sp³-hybridized carbons (Fsp3) is 0.250. The normalized spacial score (nSPS) is 14.1. The first-order chi connectivity index (χ1) is 21.9. The van der Waals surface area contributed by atoms with E-state index in [-0.39, 0.29) is 35.6 Å². The fourth-order valence-corrected chi connectivity index (χ4v) is 7.06. The summed E-state index contributed by atoms with van der Waals surface area (Å²) in [5.74, 6) is 0.491. The number of fused-ring (bicyclic) bond motifs is 3. The number of rotatable bonds is 3. The molecule has 1 aromatic heterocycles. The Morgan fingerprint density at radius 3 is 1.85 bits per heavy atom. The van der Waals surface area contributed by atoms with E-state index in [2.05, 4.69) is 181 Å². The first-order valence-corrected chi connectivity index (χ1v) is 18.3. The summed E-state index contributed by atoms with van der Waals surface area (Å²) >= 11 is 3.19. The van der Waals surface area contributed by atoms with Gasteiger partial charge in [-0.15, -0.1) is 22.8 Å². The Hall–Kier alpha value is -2.61. The number of halogens is 2. The van der Waals surface area contributed by atoms with Crippen molar-refractivity contribution in [1.82, 2.24) is 0 Å². The maximum absolute atomic E-state index is 3.67. The second kappa shape index (κ2) is 17.4. The molecule has 0 bridgehead atoms. The van der Waals surface area contributed by atoms with Crippen LogP contribution in [0.1, 0.15) is 87.4 Å². The van der Waals surface area contributed by atoms with Gasteiger partial charge in [-0.25, -0.2) is 0 Å². The van der Waals surface area contributed by atoms with Crippen molar-refractivity contribution in [2.75, 3.05) is 0 Å². The number of hydrogen-bond acceptors (Lipinski definition) is 1. The Bertz CT molecular complexity index is 1740. The van der Waals surface area contributed by atoms with Crippen molar-refractivity contribution in [2.45, 2.75) is 65.7 Å². The van der Waals surface area contributed by atoms with Gasteiger partial charge in [0.1, 0.15) is 0 Å². The van der Waals surface area contributed by atoms with E-state index >= 15 is 0 Å². The minimum atomic E-state index is 0. The van der Waals surface area contributed by atoms with Crippen LogP contribution < -0.4 is 24.8 Å². The molecule has 246 valence electrons. The molecule has 2 aliphatic carbocycles. The standard InChI is InChI=1S/C21H25.C13H10.C10H9S.2ClH.Zr/c1-20(2,3)16-7-9-18-14(12-16)11-15-13-17(21(4,5)6)8-10-19(15)18;1-3-7-12(8-4-1)11-13-9-5-2-6-10-13;1-8-2-3-9(6-8)10-4-5-11-7-10;;;/h7-10,12H,11H2,1-6H3;1-10H;2-5,7-8H,1H3;2*1H;/q-1;;-1;;;+2/p-2. The van der Waals surface area contributed by atoms with Crippen molar-refractivity contribution in [3.63, 3.8) is 0 Å². The van der Waals surface area contributed by atoms with E-state index in [1.807, 2.05) is 0 Å². The van der Waals surface area contributed by atoms with Crippen molar-refractivity contribution in [3.05, 3.63) is 171 Å². The topological polar surface area (TPSA) is 0 Å². The molecule has 0 fully saturated rings. The van der Waals surface area contributed by atoms with E-state index in [9.17, 15) is 0 Å². The van der Waals surface area contributed by atoms with E-state index < -0.39 is 0 Å². The summed E-state index contributed by atoms with van der Waals surface area (Å²) in [6.45, 7) is 15.7. The second-order valence-corrected chi connectivity index (χ2v) is 16.1. The zero-order valence-corrected chi connectivity index (χ0v) is 33.8. The van der Waals surface area contributed by atoms with Crippen LogP contribution in [0.5, 0.6) is 0 Å². The van der Waals surface area contributed by atoms with Crippen molar-refractivity contribution in [2.24, 2.45) is 5.92 Å². The molecule has 4 aromatic carbocycles.